The van der Waals surface area contributed by atoms with Crippen LogP contribution in [0.4, 0.5) is 13.2 Å². The molecule has 1 aromatic rings. The minimum Gasteiger partial charge on any atom is -0.497 e. The van der Waals surface area contributed by atoms with Gasteiger partial charge in [0.05, 0.1) is 25.7 Å². The average molecular weight is 410 g/mol. The lowest BCUT2D eigenvalue weighted by atomic mass is 9.69. The van der Waals surface area contributed by atoms with Crippen molar-refractivity contribution in [2.45, 2.75) is 38.8 Å². The Morgan fingerprint density at radius 1 is 1.14 bits per heavy atom. The number of allylic oxidation sites excluding steroid dienone is 3. The fourth-order valence-corrected chi connectivity index (χ4v) is 3.81. The number of hydrogen-bond acceptors (Lipinski definition) is 5. The van der Waals surface area contributed by atoms with Gasteiger partial charge >= 0.3 is 12.1 Å². The number of methoxy groups -OCH3 is 2. The Morgan fingerprint density at radius 3 is 2.28 bits per heavy atom. The third-order valence-corrected chi connectivity index (χ3v) is 5.04. The molecule has 0 fully saturated rings. The maximum absolute atomic E-state index is 13.8. The summed E-state index contributed by atoms with van der Waals surface area (Å²) in [7, 11) is 2.45. The van der Waals surface area contributed by atoms with E-state index in [1.165, 1.54) is 19.2 Å². The third kappa shape index (κ3) is 3.88. The van der Waals surface area contributed by atoms with Crippen LogP contribution in [0.15, 0.2) is 46.9 Å². The Kier molecular flexibility index (Phi) is 5.23. The van der Waals surface area contributed by atoms with Gasteiger partial charge in [-0.1, -0.05) is 26.0 Å². The molecule has 1 heterocycles. The molecule has 1 aliphatic heterocycles. The van der Waals surface area contributed by atoms with Crippen LogP contribution in [0.2, 0.25) is 0 Å². The minimum absolute atomic E-state index is 0.0490. The van der Waals surface area contributed by atoms with Crippen LogP contribution in [-0.2, 0) is 19.1 Å². The van der Waals surface area contributed by atoms with Crippen LogP contribution in [0.5, 0.6) is 5.75 Å². The molecule has 1 aromatic carbocycles. The molecule has 2 aliphatic rings. The van der Waals surface area contributed by atoms with Gasteiger partial charge in [0.1, 0.15) is 11.5 Å². The molecular formula is C21H21F3O5. The summed E-state index contributed by atoms with van der Waals surface area (Å²) in [5, 5.41) is 0. The van der Waals surface area contributed by atoms with Crippen molar-refractivity contribution in [3.63, 3.8) is 0 Å². The molecule has 0 radical (unpaired) electrons. The van der Waals surface area contributed by atoms with E-state index >= 15 is 0 Å². The standard InChI is InChI=1S/C21H21F3O5/c1-20(2)9-13(25)16-14(10-20)29-18(21(22,23)24)17(19(26)28-4)15(16)11-5-7-12(27-3)8-6-11/h5-8,15H,9-10H2,1-4H3. The normalized spacial score (nSPS) is 21.5. The molecule has 0 amide bonds. The molecule has 0 saturated carbocycles. The maximum atomic E-state index is 13.8. The van der Waals surface area contributed by atoms with Crippen LogP contribution in [0.3, 0.4) is 0 Å². The summed E-state index contributed by atoms with van der Waals surface area (Å²) in [6, 6.07) is 6.18. The van der Waals surface area contributed by atoms with Crippen molar-refractivity contribution in [1.82, 2.24) is 0 Å². The summed E-state index contributed by atoms with van der Waals surface area (Å²) in [4.78, 5) is 25.4. The second-order valence-electron chi connectivity index (χ2n) is 7.82. The molecule has 0 bridgehead atoms. The van der Waals surface area contributed by atoms with Crippen LogP contribution < -0.4 is 4.74 Å². The molecule has 0 saturated heterocycles. The Hall–Kier alpha value is -2.77. The summed E-state index contributed by atoms with van der Waals surface area (Å²) in [6.45, 7) is 3.57. The molecule has 5 nitrogen and oxygen atoms in total. The molecule has 1 atom stereocenters. The van der Waals surface area contributed by atoms with Gasteiger partial charge in [-0.3, -0.25) is 4.79 Å². The van der Waals surface area contributed by atoms with Crippen LogP contribution in [-0.4, -0.2) is 32.1 Å². The Bertz CT molecular complexity index is 907. The smallest absolute Gasteiger partial charge is 0.450 e. The predicted octanol–water partition coefficient (Wildman–Crippen LogP) is 4.44. The van der Waals surface area contributed by atoms with E-state index in [-0.39, 0.29) is 30.0 Å². The molecule has 1 aliphatic carbocycles. The van der Waals surface area contributed by atoms with E-state index in [2.05, 4.69) is 4.74 Å². The van der Waals surface area contributed by atoms with E-state index in [1.54, 1.807) is 26.0 Å². The van der Waals surface area contributed by atoms with Crippen molar-refractivity contribution in [2.24, 2.45) is 5.41 Å². The largest absolute Gasteiger partial charge is 0.497 e. The number of halogens is 3. The number of ketones is 1. The third-order valence-electron chi connectivity index (χ3n) is 5.04. The summed E-state index contributed by atoms with van der Waals surface area (Å²) >= 11 is 0. The molecule has 156 valence electrons. The van der Waals surface area contributed by atoms with Gasteiger partial charge in [-0.2, -0.15) is 13.2 Å². The first-order valence-electron chi connectivity index (χ1n) is 8.96. The zero-order chi connectivity index (χ0) is 21.6. The number of hydrogen-bond donors (Lipinski definition) is 0. The van der Waals surface area contributed by atoms with Gasteiger partial charge in [0.15, 0.2) is 5.78 Å². The first-order chi connectivity index (χ1) is 13.5. The topological polar surface area (TPSA) is 61.8 Å². The zero-order valence-electron chi connectivity index (χ0n) is 16.5. The van der Waals surface area contributed by atoms with Gasteiger partial charge in [0.2, 0.25) is 5.76 Å². The van der Waals surface area contributed by atoms with Gasteiger partial charge < -0.3 is 14.2 Å². The summed E-state index contributed by atoms with van der Waals surface area (Å²) in [5.74, 6) is -3.77. The van der Waals surface area contributed by atoms with Gasteiger partial charge in [0, 0.05) is 18.4 Å². The van der Waals surface area contributed by atoms with Crippen LogP contribution in [0, 0.1) is 5.41 Å². The number of Topliss-reactive ketones (excluding diaryl/α,β-unsaturated/α-hetero) is 1. The Morgan fingerprint density at radius 2 is 1.76 bits per heavy atom. The number of esters is 1. The lowest BCUT2D eigenvalue weighted by Gasteiger charge is -2.38. The second-order valence-corrected chi connectivity index (χ2v) is 7.82. The maximum Gasteiger partial charge on any atom is 0.450 e. The SMILES string of the molecule is COC(=O)C1=C(C(F)(F)F)OC2=C(C(=O)CC(C)(C)C2)C1c1ccc(OC)cc1. The Labute approximate surface area is 166 Å². The molecule has 8 heteroatoms. The van der Waals surface area contributed by atoms with Crippen molar-refractivity contribution in [2.75, 3.05) is 14.2 Å². The molecular weight excluding hydrogens is 389 g/mol. The lowest BCUT2D eigenvalue weighted by molar-refractivity contribution is -0.144. The van der Waals surface area contributed by atoms with E-state index in [0.717, 1.165) is 7.11 Å². The van der Waals surface area contributed by atoms with Crippen molar-refractivity contribution < 1.29 is 37.0 Å². The highest BCUT2D eigenvalue weighted by Gasteiger charge is 2.51. The van der Waals surface area contributed by atoms with E-state index in [1.807, 2.05) is 0 Å². The average Bonchev–Trinajstić information content (AvgIpc) is 2.64. The van der Waals surface area contributed by atoms with Crippen molar-refractivity contribution in [3.05, 3.63) is 52.5 Å². The highest BCUT2D eigenvalue weighted by atomic mass is 19.4. The van der Waals surface area contributed by atoms with E-state index < -0.39 is 34.8 Å². The summed E-state index contributed by atoms with van der Waals surface area (Å²) in [5.41, 5.74) is -0.864. The zero-order valence-corrected chi connectivity index (χ0v) is 16.5. The minimum atomic E-state index is -4.93. The van der Waals surface area contributed by atoms with Crippen LogP contribution in [0.1, 0.15) is 38.2 Å². The van der Waals surface area contributed by atoms with E-state index in [0.29, 0.717) is 11.3 Å². The molecule has 0 aromatic heterocycles. The first-order valence-corrected chi connectivity index (χ1v) is 8.96. The van der Waals surface area contributed by atoms with Gasteiger partial charge in [0.25, 0.3) is 0 Å². The number of ether oxygens (including phenoxy) is 3. The fourth-order valence-electron chi connectivity index (χ4n) is 3.81. The van der Waals surface area contributed by atoms with Gasteiger partial charge in [-0.25, -0.2) is 4.79 Å². The predicted molar refractivity (Wildman–Crippen MR) is 97.0 cm³/mol. The number of carbonyl (C=O) groups is 2. The van der Waals surface area contributed by atoms with Crippen LogP contribution in [0.25, 0.3) is 0 Å². The lowest BCUT2D eigenvalue weighted by Crippen LogP contribution is -2.36. The van der Waals surface area contributed by atoms with E-state index in [4.69, 9.17) is 9.47 Å². The quantitative estimate of drug-likeness (QED) is 0.690. The molecule has 1 unspecified atom stereocenters. The summed E-state index contributed by atoms with van der Waals surface area (Å²) in [6.07, 6.45) is -4.65. The van der Waals surface area contributed by atoms with E-state index in [9.17, 15) is 22.8 Å². The highest BCUT2D eigenvalue weighted by molar-refractivity contribution is 6.03. The first kappa shape index (κ1) is 21.0. The number of carbonyl (C=O) groups excluding carboxylic acids is 2. The van der Waals surface area contributed by atoms with Crippen molar-refractivity contribution in [3.8, 4) is 5.75 Å². The molecule has 0 spiro atoms. The molecule has 3 rings (SSSR count). The number of rotatable bonds is 3. The number of alkyl halides is 3. The summed E-state index contributed by atoms with van der Waals surface area (Å²) < 4.78 is 56.4. The highest BCUT2D eigenvalue weighted by Crippen LogP contribution is 2.51. The fraction of sp³-hybridized carbons (Fsp3) is 0.429. The number of benzene rings is 1. The van der Waals surface area contributed by atoms with Gasteiger partial charge in [-0.15, -0.1) is 0 Å². The van der Waals surface area contributed by atoms with Gasteiger partial charge in [-0.05, 0) is 23.1 Å². The Balaban J connectivity index is 2.28. The van der Waals surface area contributed by atoms with Crippen LogP contribution >= 0.6 is 0 Å². The van der Waals surface area contributed by atoms with Crippen molar-refractivity contribution >= 4 is 11.8 Å². The molecule has 29 heavy (non-hydrogen) atoms. The molecule has 0 N–H and O–H groups in total. The monoisotopic (exact) mass is 410 g/mol. The van der Waals surface area contributed by atoms with Crippen molar-refractivity contribution in [1.29, 1.82) is 0 Å². The second kappa shape index (κ2) is 7.24.